The number of rotatable bonds is 12. The Labute approximate surface area is 142 Å². The molecule has 0 aromatic heterocycles. The number of hydrogen-bond acceptors (Lipinski definition) is 5. The zero-order valence-corrected chi connectivity index (χ0v) is 14.3. The fourth-order valence-electron chi connectivity index (χ4n) is 2.27. The zero-order chi connectivity index (χ0) is 17.8. The van der Waals surface area contributed by atoms with E-state index in [1.165, 1.54) is 12.1 Å². The van der Waals surface area contributed by atoms with E-state index in [1.54, 1.807) is 12.1 Å². The van der Waals surface area contributed by atoms with Crippen LogP contribution in [0.4, 0.5) is 0 Å². The lowest BCUT2D eigenvalue weighted by molar-refractivity contribution is -0.140. The molecule has 0 spiro atoms. The molecule has 0 aliphatic heterocycles. The second-order valence-corrected chi connectivity index (χ2v) is 5.18. The summed E-state index contributed by atoms with van der Waals surface area (Å²) in [5, 5.41) is 9.06. The van der Waals surface area contributed by atoms with Crippen LogP contribution in [0.5, 0.6) is 0 Å². The second-order valence-electron chi connectivity index (χ2n) is 5.18. The van der Waals surface area contributed by atoms with Crippen molar-refractivity contribution in [2.45, 2.75) is 45.8 Å². The Bertz CT molecular complexity index is 508. The van der Waals surface area contributed by atoms with Gasteiger partial charge in [-0.3, -0.25) is 0 Å². The molecule has 0 unspecified atom stereocenters. The molecule has 0 fully saturated rings. The van der Waals surface area contributed by atoms with E-state index < -0.39 is 11.9 Å². The molecule has 1 aromatic carbocycles. The summed E-state index contributed by atoms with van der Waals surface area (Å²) in [5.41, 5.74) is 0.0385. The third-order valence-corrected chi connectivity index (χ3v) is 3.40. The molecule has 0 saturated heterocycles. The highest BCUT2D eigenvalue weighted by Gasteiger charge is 2.16. The van der Waals surface area contributed by atoms with Gasteiger partial charge in [-0.1, -0.05) is 12.1 Å². The van der Waals surface area contributed by atoms with Crippen LogP contribution in [0.25, 0.3) is 0 Å². The van der Waals surface area contributed by atoms with Gasteiger partial charge in [0.1, 0.15) is 0 Å². The molecule has 1 aromatic rings. The van der Waals surface area contributed by atoms with Gasteiger partial charge in [-0.15, -0.1) is 0 Å². The first kappa shape index (κ1) is 20.1. The van der Waals surface area contributed by atoms with Crippen molar-refractivity contribution in [2.24, 2.45) is 0 Å². The number of aromatic carboxylic acids is 1. The molecule has 24 heavy (non-hydrogen) atoms. The third-order valence-electron chi connectivity index (χ3n) is 3.40. The molecular weight excluding hydrogens is 312 g/mol. The number of carboxylic acid groups (broad SMARTS) is 1. The fraction of sp³-hybridized carbons (Fsp3) is 0.556. The van der Waals surface area contributed by atoms with Gasteiger partial charge in [-0.2, -0.15) is 0 Å². The van der Waals surface area contributed by atoms with Crippen molar-refractivity contribution < 1.29 is 28.9 Å². The lowest BCUT2D eigenvalue weighted by Gasteiger charge is -2.16. The van der Waals surface area contributed by atoms with Crippen LogP contribution >= 0.6 is 0 Å². The van der Waals surface area contributed by atoms with E-state index in [2.05, 4.69) is 0 Å². The van der Waals surface area contributed by atoms with E-state index in [9.17, 15) is 9.59 Å². The maximum Gasteiger partial charge on any atom is 0.339 e. The van der Waals surface area contributed by atoms with Gasteiger partial charge >= 0.3 is 11.9 Å². The number of carbonyl (C=O) groups is 2. The summed E-state index contributed by atoms with van der Waals surface area (Å²) in [5.74, 6) is -1.74. The van der Waals surface area contributed by atoms with Gasteiger partial charge in [-0.05, 0) is 51.7 Å². The van der Waals surface area contributed by atoms with Crippen molar-refractivity contribution in [1.29, 1.82) is 0 Å². The van der Waals surface area contributed by atoms with Crippen molar-refractivity contribution in [1.82, 2.24) is 0 Å². The van der Waals surface area contributed by atoms with Crippen molar-refractivity contribution in [3.8, 4) is 0 Å². The van der Waals surface area contributed by atoms with Crippen LogP contribution in [-0.4, -0.2) is 43.2 Å². The molecule has 1 rings (SSSR count). The molecule has 0 aliphatic rings. The van der Waals surface area contributed by atoms with Crippen LogP contribution in [0.2, 0.25) is 0 Å². The molecule has 6 heteroatoms. The summed E-state index contributed by atoms with van der Waals surface area (Å²) in [6.07, 6.45) is 3.13. The number of ether oxygens (including phenoxy) is 3. The number of unbranched alkanes of at least 4 members (excludes halogenated alkanes) is 2. The van der Waals surface area contributed by atoms with E-state index in [4.69, 9.17) is 19.3 Å². The molecule has 0 saturated carbocycles. The van der Waals surface area contributed by atoms with E-state index in [1.807, 2.05) is 13.8 Å². The van der Waals surface area contributed by atoms with Crippen molar-refractivity contribution >= 4 is 11.9 Å². The predicted octanol–water partition coefficient (Wildman–Crippen LogP) is 3.50. The smallest absolute Gasteiger partial charge is 0.339 e. The minimum absolute atomic E-state index is 0.0428. The summed E-state index contributed by atoms with van der Waals surface area (Å²) in [7, 11) is 0. The van der Waals surface area contributed by atoms with Gasteiger partial charge in [-0.25, -0.2) is 9.59 Å². The summed E-state index contributed by atoms with van der Waals surface area (Å²) in [6.45, 7) is 5.36. The van der Waals surface area contributed by atoms with E-state index >= 15 is 0 Å². The van der Waals surface area contributed by atoms with Gasteiger partial charge in [0.25, 0.3) is 0 Å². The van der Waals surface area contributed by atoms with E-state index in [0.29, 0.717) is 19.6 Å². The van der Waals surface area contributed by atoms with Crippen LogP contribution in [0.15, 0.2) is 24.3 Å². The SMILES string of the molecule is CCOC(CCCCCOC(=O)c1ccccc1C(=O)O)OCC. The Morgan fingerprint density at radius 2 is 1.62 bits per heavy atom. The molecule has 0 aliphatic carbocycles. The largest absolute Gasteiger partial charge is 0.478 e. The predicted molar refractivity (Wildman–Crippen MR) is 89.2 cm³/mol. The standard InChI is InChI=1S/C18H26O6/c1-3-22-16(23-4-2)12-6-5-9-13-24-18(21)15-11-8-7-10-14(15)17(19)20/h7-8,10-11,16H,3-6,9,12-13H2,1-2H3,(H,19,20). The number of carboxylic acids is 1. The Hall–Kier alpha value is -1.92. The van der Waals surface area contributed by atoms with Crippen LogP contribution in [0, 0.1) is 0 Å². The van der Waals surface area contributed by atoms with Gasteiger partial charge in [0, 0.05) is 13.2 Å². The fourth-order valence-corrected chi connectivity index (χ4v) is 2.27. The van der Waals surface area contributed by atoms with Crippen molar-refractivity contribution in [3.63, 3.8) is 0 Å². The van der Waals surface area contributed by atoms with Crippen molar-refractivity contribution in [2.75, 3.05) is 19.8 Å². The van der Waals surface area contributed by atoms with Gasteiger partial charge in [0.2, 0.25) is 0 Å². The number of hydrogen-bond donors (Lipinski definition) is 1. The molecule has 0 bridgehead atoms. The maximum atomic E-state index is 12.0. The Balaban J connectivity index is 2.28. The average Bonchev–Trinajstić information content (AvgIpc) is 2.58. The Kier molecular flexibility index (Phi) is 9.72. The highest BCUT2D eigenvalue weighted by molar-refractivity contribution is 6.02. The van der Waals surface area contributed by atoms with E-state index in [0.717, 1.165) is 19.3 Å². The summed E-state index contributed by atoms with van der Waals surface area (Å²) < 4.78 is 16.1. The average molecular weight is 338 g/mol. The highest BCUT2D eigenvalue weighted by atomic mass is 16.7. The molecular formula is C18H26O6. The quantitative estimate of drug-likeness (QED) is 0.357. The molecule has 0 radical (unpaired) electrons. The summed E-state index contributed by atoms with van der Waals surface area (Å²) in [4.78, 5) is 23.0. The van der Waals surface area contributed by atoms with Gasteiger partial charge in [0.15, 0.2) is 6.29 Å². The topological polar surface area (TPSA) is 82.1 Å². The molecule has 134 valence electrons. The molecule has 0 amide bonds. The van der Waals surface area contributed by atoms with Crippen molar-refractivity contribution in [3.05, 3.63) is 35.4 Å². The Morgan fingerprint density at radius 3 is 2.21 bits per heavy atom. The summed E-state index contributed by atoms with van der Waals surface area (Å²) >= 11 is 0. The second kappa shape index (κ2) is 11.6. The minimum atomic E-state index is -1.14. The van der Waals surface area contributed by atoms with Gasteiger partial charge < -0.3 is 19.3 Å². The molecule has 0 atom stereocenters. The first-order valence-electron chi connectivity index (χ1n) is 8.32. The van der Waals surface area contributed by atoms with Crippen LogP contribution in [-0.2, 0) is 14.2 Å². The van der Waals surface area contributed by atoms with Crippen LogP contribution in [0.3, 0.4) is 0 Å². The first-order valence-corrected chi connectivity index (χ1v) is 8.32. The van der Waals surface area contributed by atoms with Crippen LogP contribution in [0.1, 0.15) is 60.2 Å². The molecule has 1 N–H and O–H groups in total. The monoisotopic (exact) mass is 338 g/mol. The van der Waals surface area contributed by atoms with E-state index in [-0.39, 0.29) is 24.0 Å². The summed E-state index contributed by atoms with van der Waals surface area (Å²) in [6, 6.07) is 6.04. The zero-order valence-electron chi connectivity index (χ0n) is 14.3. The number of benzene rings is 1. The molecule has 6 nitrogen and oxygen atoms in total. The normalized spacial score (nSPS) is 10.8. The third kappa shape index (κ3) is 7.10. The Morgan fingerprint density at radius 1 is 1.00 bits per heavy atom. The van der Waals surface area contributed by atoms with Crippen LogP contribution < -0.4 is 0 Å². The first-order chi connectivity index (χ1) is 11.6. The maximum absolute atomic E-state index is 12.0. The minimum Gasteiger partial charge on any atom is -0.478 e. The lowest BCUT2D eigenvalue weighted by atomic mass is 10.1. The number of carbonyl (C=O) groups excluding carboxylic acids is 1. The number of esters is 1. The van der Waals surface area contributed by atoms with Gasteiger partial charge in [0.05, 0.1) is 17.7 Å². The lowest BCUT2D eigenvalue weighted by Crippen LogP contribution is -2.17. The molecule has 0 heterocycles. The highest BCUT2D eigenvalue weighted by Crippen LogP contribution is 2.12.